The first-order valence-electron chi connectivity index (χ1n) is 8.58. The lowest BCUT2D eigenvalue weighted by Gasteiger charge is -2.14. The molecule has 0 saturated heterocycles. The quantitative estimate of drug-likeness (QED) is 0.634. The summed E-state index contributed by atoms with van der Waals surface area (Å²) in [7, 11) is 3.31. The molecule has 0 amide bonds. The van der Waals surface area contributed by atoms with Gasteiger partial charge in [0.2, 0.25) is 0 Å². The summed E-state index contributed by atoms with van der Waals surface area (Å²) in [5, 5.41) is 6.45. The number of ether oxygens (including phenoxy) is 1. The first-order valence-corrected chi connectivity index (χ1v) is 8.58. The van der Waals surface area contributed by atoms with E-state index in [1.54, 1.807) is 14.2 Å². The first kappa shape index (κ1) is 18.2. The Balaban J connectivity index is 1.60. The topological polar surface area (TPSA) is 45.7 Å². The maximum atomic E-state index is 13.9. The van der Waals surface area contributed by atoms with E-state index in [0.29, 0.717) is 18.9 Å². The molecule has 0 aliphatic heterocycles. The summed E-state index contributed by atoms with van der Waals surface area (Å²) in [6.45, 7) is 2.55. The maximum Gasteiger partial charge on any atom is 0.191 e. The molecule has 4 nitrogen and oxygen atoms in total. The predicted molar refractivity (Wildman–Crippen MR) is 98.6 cm³/mol. The lowest BCUT2D eigenvalue weighted by molar-refractivity contribution is 0.408. The number of nitrogens with one attached hydrogen (secondary N) is 2. The minimum Gasteiger partial charge on any atom is -0.496 e. The van der Waals surface area contributed by atoms with Crippen LogP contribution in [0, 0.1) is 18.6 Å². The summed E-state index contributed by atoms with van der Waals surface area (Å²) >= 11 is 0. The van der Waals surface area contributed by atoms with Gasteiger partial charge in [0, 0.05) is 36.7 Å². The second kappa shape index (κ2) is 7.72. The number of hydrogen-bond acceptors (Lipinski definition) is 2. The van der Waals surface area contributed by atoms with Crippen LogP contribution in [0.2, 0.25) is 0 Å². The summed E-state index contributed by atoms with van der Waals surface area (Å²) in [6, 6.07) is 9.94. The molecule has 2 atom stereocenters. The molecular weight excluding hydrogens is 336 g/mol. The normalized spacial score (nSPS) is 19.2. The first-order chi connectivity index (χ1) is 12.5. The van der Waals surface area contributed by atoms with E-state index in [1.807, 2.05) is 25.1 Å². The van der Waals surface area contributed by atoms with Crippen molar-refractivity contribution in [3.8, 4) is 5.75 Å². The van der Waals surface area contributed by atoms with E-state index in [0.717, 1.165) is 16.9 Å². The number of guanidine groups is 1. The van der Waals surface area contributed by atoms with Gasteiger partial charge in [-0.3, -0.25) is 4.99 Å². The minimum absolute atomic E-state index is 0.0347. The second-order valence-electron chi connectivity index (χ2n) is 6.47. The van der Waals surface area contributed by atoms with Gasteiger partial charge >= 0.3 is 0 Å². The monoisotopic (exact) mass is 359 g/mol. The van der Waals surface area contributed by atoms with Crippen LogP contribution in [0.1, 0.15) is 29.0 Å². The number of rotatable bonds is 5. The highest BCUT2D eigenvalue weighted by Crippen LogP contribution is 2.43. The van der Waals surface area contributed by atoms with Gasteiger partial charge in [-0.15, -0.1) is 0 Å². The Hall–Kier alpha value is -2.63. The van der Waals surface area contributed by atoms with Gasteiger partial charge in [0.25, 0.3) is 0 Å². The van der Waals surface area contributed by atoms with Crippen LogP contribution in [-0.2, 0) is 6.54 Å². The molecule has 1 saturated carbocycles. The van der Waals surface area contributed by atoms with Gasteiger partial charge in [0.15, 0.2) is 5.96 Å². The molecule has 2 aromatic carbocycles. The van der Waals surface area contributed by atoms with Crippen LogP contribution in [0.15, 0.2) is 41.4 Å². The Labute approximate surface area is 152 Å². The molecule has 1 aliphatic rings. The fraction of sp³-hybridized carbons (Fsp3) is 0.350. The zero-order valence-corrected chi connectivity index (χ0v) is 15.1. The minimum atomic E-state index is -0.494. The van der Waals surface area contributed by atoms with Gasteiger partial charge in [0.05, 0.1) is 7.11 Å². The molecule has 6 heteroatoms. The molecule has 1 aliphatic carbocycles. The number of aryl methyl sites for hydroxylation is 1. The number of benzene rings is 2. The fourth-order valence-corrected chi connectivity index (χ4v) is 3.09. The smallest absolute Gasteiger partial charge is 0.191 e. The Morgan fingerprint density at radius 3 is 2.62 bits per heavy atom. The van der Waals surface area contributed by atoms with Crippen molar-refractivity contribution in [1.29, 1.82) is 0 Å². The van der Waals surface area contributed by atoms with Crippen LogP contribution in [0.3, 0.4) is 0 Å². The van der Waals surface area contributed by atoms with Gasteiger partial charge in [-0.1, -0.05) is 18.2 Å². The molecule has 0 radical (unpaired) electrons. The van der Waals surface area contributed by atoms with Crippen molar-refractivity contribution in [1.82, 2.24) is 10.6 Å². The van der Waals surface area contributed by atoms with E-state index < -0.39 is 11.6 Å². The van der Waals surface area contributed by atoms with Gasteiger partial charge in [-0.05, 0) is 37.1 Å². The SMILES string of the molecule is CN=C(NCc1ccc(C)cc1OC)NC1CC1c1c(F)cccc1F. The molecule has 26 heavy (non-hydrogen) atoms. The van der Waals surface area contributed by atoms with Gasteiger partial charge in [-0.2, -0.15) is 0 Å². The Morgan fingerprint density at radius 2 is 1.96 bits per heavy atom. The second-order valence-corrected chi connectivity index (χ2v) is 6.47. The summed E-state index contributed by atoms with van der Waals surface area (Å²) in [4.78, 5) is 4.20. The molecule has 0 aromatic heterocycles. The van der Waals surface area contributed by atoms with Gasteiger partial charge in [-0.25, -0.2) is 8.78 Å². The lowest BCUT2D eigenvalue weighted by atomic mass is 10.1. The molecular formula is C20H23F2N3O. The largest absolute Gasteiger partial charge is 0.496 e. The highest BCUT2D eigenvalue weighted by Gasteiger charge is 2.42. The average molecular weight is 359 g/mol. The third kappa shape index (κ3) is 3.95. The number of nitrogens with zero attached hydrogens (tertiary/aromatic N) is 1. The predicted octanol–water partition coefficient (Wildman–Crippen LogP) is 3.50. The summed E-state index contributed by atoms with van der Waals surface area (Å²) in [5.41, 5.74) is 2.29. The molecule has 3 rings (SSSR count). The van der Waals surface area contributed by atoms with Crippen molar-refractivity contribution in [3.63, 3.8) is 0 Å². The highest BCUT2D eigenvalue weighted by molar-refractivity contribution is 5.80. The van der Waals surface area contributed by atoms with Crippen molar-refractivity contribution in [2.24, 2.45) is 4.99 Å². The van der Waals surface area contributed by atoms with Crippen molar-refractivity contribution in [2.75, 3.05) is 14.2 Å². The zero-order chi connectivity index (χ0) is 18.7. The molecule has 2 aromatic rings. The van der Waals surface area contributed by atoms with E-state index in [-0.39, 0.29) is 17.5 Å². The molecule has 1 fully saturated rings. The number of halogens is 2. The summed E-state index contributed by atoms with van der Waals surface area (Å²) in [5.74, 6) is 0.240. The van der Waals surface area contributed by atoms with Crippen molar-refractivity contribution in [3.05, 3.63) is 64.7 Å². The third-order valence-corrected chi connectivity index (χ3v) is 4.60. The van der Waals surface area contributed by atoms with Gasteiger partial charge in [0.1, 0.15) is 17.4 Å². The third-order valence-electron chi connectivity index (χ3n) is 4.60. The summed E-state index contributed by atoms with van der Waals surface area (Å²) < 4.78 is 33.2. The maximum absolute atomic E-state index is 13.9. The number of methoxy groups -OCH3 is 1. The molecule has 0 spiro atoms. The fourth-order valence-electron chi connectivity index (χ4n) is 3.09. The van der Waals surface area contributed by atoms with Gasteiger partial charge < -0.3 is 15.4 Å². The molecule has 138 valence electrons. The van der Waals surface area contributed by atoms with Crippen molar-refractivity contribution >= 4 is 5.96 Å². The summed E-state index contributed by atoms with van der Waals surface area (Å²) in [6.07, 6.45) is 0.673. The molecule has 2 N–H and O–H groups in total. The highest BCUT2D eigenvalue weighted by atomic mass is 19.1. The molecule has 0 heterocycles. The van der Waals surface area contributed by atoms with Crippen LogP contribution >= 0.6 is 0 Å². The Bertz CT molecular complexity index is 802. The van der Waals surface area contributed by atoms with E-state index in [9.17, 15) is 8.78 Å². The lowest BCUT2D eigenvalue weighted by Crippen LogP contribution is -2.38. The van der Waals surface area contributed by atoms with Crippen LogP contribution in [0.25, 0.3) is 0 Å². The number of hydrogen-bond donors (Lipinski definition) is 2. The van der Waals surface area contributed by atoms with Crippen LogP contribution in [-0.4, -0.2) is 26.2 Å². The van der Waals surface area contributed by atoms with E-state index >= 15 is 0 Å². The zero-order valence-electron chi connectivity index (χ0n) is 15.1. The standard InChI is InChI=1S/C20H23F2N3O/c1-12-7-8-13(18(9-12)26-3)11-24-20(23-2)25-17-10-14(17)19-15(21)5-4-6-16(19)22/h4-9,14,17H,10-11H2,1-3H3,(H2,23,24,25). The van der Waals surface area contributed by atoms with E-state index in [4.69, 9.17) is 4.74 Å². The Morgan fingerprint density at radius 1 is 1.23 bits per heavy atom. The van der Waals surface area contributed by atoms with Crippen LogP contribution < -0.4 is 15.4 Å². The Kier molecular flexibility index (Phi) is 5.40. The van der Waals surface area contributed by atoms with Crippen molar-refractivity contribution in [2.45, 2.75) is 31.8 Å². The van der Waals surface area contributed by atoms with Crippen molar-refractivity contribution < 1.29 is 13.5 Å². The average Bonchev–Trinajstić information content (AvgIpc) is 3.37. The van der Waals surface area contributed by atoms with Crippen LogP contribution in [0.4, 0.5) is 8.78 Å². The molecule has 0 bridgehead atoms. The van der Waals surface area contributed by atoms with Crippen LogP contribution in [0.5, 0.6) is 5.75 Å². The van der Waals surface area contributed by atoms with E-state index in [2.05, 4.69) is 15.6 Å². The molecule has 2 unspecified atom stereocenters. The number of aliphatic imine (C=N–C) groups is 1. The van der Waals surface area contributed by atoms with E-state index in [1.165, 1.54) is 18.2 Å².